The first-order valence-electron chi connectivity index (χ1n) is 5.99. The van der Waals surface area contributed by atoms with Crippen LogP contribution in [0.3, 0.4) is 0 Å². The summed E-state index contributed by atoms with van der Waals surface area (Å²) in [4.78, 5) is 0. The van der Waals surface area contributed by atoms with Gasteiger partial charge in [0.05, 0.1) is 11.1 Å². The van der Waals surface area contributed by atoms with Crippen molar-refractivity contribution in [2.24, 2.45) is 0 Å². The normalized spacial score (nSPS) is 12.4. The maximum atomic E-state index is 13.5. The fraction of sp³-hybridized carbons (Fsp3) is 0.429. The number of hydrogen-bond donors (Lipinski definition) is 1. The zero-order chi connectivity index (χ0) is 13.5. The summed E-state index contributed by atoms with van der Waals surface area (Å²) in [6.45, 7) is 3.62. The van der Waals surface area contributed by atoms with Gasteiger partial charge in [0, 0.05) is 5.56 Å². The van der Waals surface area contributed by atoms with E-state index in [9.17, 15) is 13.9 Å². The molecule has 0 aliphatic heterocycles. The average molecular weight is 275 g/mol. The summed E-state index contributed by atoms with van der Waals surface area (Å²) in [7, 11) is 0. The van der Waals surface area contributed by atoms with Crippen molar-refractivity contribution in [3.63, 3.8) is 0 Å². The van der Waals surface area contributed by atoms with Gasteiger partial charge < -0.3 is 5.11 Å². The first-order valence-corrected chi connectivity index (χ1v) is 6.37. The van der Waals surface area contributed by atoms with E-state index in [1.165, 1.54) is 0 Å². The zero-order valence-corrected chi connectivity index (χ0v) is 10.9. The van der Waals surface area contributed by atoms with E-state index in [0.29, 0.717) is 6.42 Å². The third-order valence-electron chi connectivity index (χ3n) is 2.78. The Hall–Kier alpha value is -0.930. The first kappa shape index (κ1) is 15.1. The van der Waals surface area contributed by atoms with E-state index in [1.54, 1.807) is 0 Å². The van der Waals surface area contributed by atoms with E-state index < -0.39 is 17.7 Å². The second-order valence-electron chi connectivity index (χ2n) is 4.23. The molecule has 0 aromatic heterocycles. The number of halogens is 3. The van der Waals surface area contributed by atoms with E-state index in [0.717, 1.165) is 37.8 Å². The summed E-state index contributed by atoms with van der Waals surface area (Å²) < 4.78 is 26.7. The SMILES string of the molecule is C=CCCCCCC(O)c1cc(F)c(Cl)cc1F. The van der Waals surface area contributed by atoms with Crippen molar-refractivity contribution >= 4 is 11.6 Å². The van der Waals surface area contributed by atoms with Crippen LogP contribution in [0.1, 0.15) is 43.8 Å². The monoisotopic (exact) mass is 274 g/mol. The molecule has 0 fully saturated rings. The van der Waals surface area contributed by atoms with Crippen molar-refractivity contribution in [2.75, 3.05) is 0 Å². The molecule has 100 valence electrons. The van der Waals surface area contributed by atoms with Crippen molar-refractivity contribution < 1.29 is 13.9 Å². The molecule has 1 unspecified atom stereocenters. The maximum absolute atomic E-state index is 13.5. The van der Waals surface area contributed by atoms with Crippen LogP contribution < -0.4 is 0 Å². The lowest BCUT2D eigenvalue weighted by Crippen LogP contribution is -2.02. The Bertz CT molecular complexity index is 407. The molecule has 1 rings (SSSR count). The third-order valence-corrected chi connectivity index (χ3v) is 3.07. The van der Waals surface area contributed by atoms with Gasteiger partial charge >= 0.3 is 0 Å². The molecule has 0 spiro atoms. The lowest BCUT2D eigenvalue weighted by molar-refractivity contribution is 0.158. The first-order chi connectivity index (χ1) is 8.56. The average Bonchev–Trinajstić information content (AvgIpc) is 2.33. The lowest BCUT2D eigenvalue weighted by atomic mass is 10.0. The summed E-state index contributed by atoms with van der Waals surface area (Å²) in [6.07, 6.45) is 4.88. The highest BCUT2D eigenvalue weighted by Gasteiger charge is 2.15. The number of aliphatic hydroxyl groups excluding tert-OH is 1. The van der Waals surface area contributed by atoms with Crippen molar-refractivity contribution in [1.29, 1.82) is 0 Å². The molecule has 1 aromatic carbocycles. The van der Waals surface area contributed by atoms with Crippen LogP contribution in [0, 0.1) is 11.6 Å². The highest BCUT2D eigenvalue weighted by Crippen LogP contribution is 2.27. The summed E-state index contributed by atoms with van der Waals surface area (Å²) in [5.74, 6) is -1.38. The van der Waals surface area contributed by atoms with Gasteiger partial charge in [-0.2, -0.15) is 0 Å². The van der Waals surface area contributed by atoms with Crippen molar-refractivity contribution in [1.82, 2.24) is 0 Å². The molecule has 0 radical (unpaired) electrons. The van der Waals surface area contributed by atoms with Crippen molar-refractivity contribution in [3.8, 4) is 0 Å². The second kappa shape index (κ2) is 7.49. The van der Waals surface area contributed by atoms with Gasteiger partial charge in [-0.15, -0.1) is 6.58 Å². The van der Waals surface area contributed by atoms with Crippen LogP contribution >= 0.6 is 11.6 Å². The molecule has 0 bridgehead atoms. The van der Waals surface area contributed by atoms with E-state index in [4.69, 9.17) is 11.6 Å². The van der Waals surface area contributed by atoms with E-state index >= 15 is 0 Å². The van der Waals surface area contributed by atoms with Crippen LogP contribution in [-0.2, 0) is 0 Å². The second-order valence-corrected chi connectivity index (χ2v) is 4.64. The molecule has 18 heavy (non-hydrogen) atoms. The minimum absolute atomic E-state index is 0.0272. The fourth-order valence-electron chi connectivity index (χ4n) is 1.75. The van der Waals surface area contributed by atoms with Crippen molar-refractivity contribution in [2.45, 2.75) is 38.2 Å². The summed E-state index contributed by atoms with van der Waals surface area (Å²) in [6, 6.07) is 1.86. The molecule has 0 saturated carbocycles. The van der Waals surface area contributed by atoms with Crippen LogP contribution in [0.5, 0.6) is 0 Å². The van der Waals surface area contributed by atoms with Gasteiger partial charge in [-0.05, 0) is 31.4 Å². The maximum Gasteiger partial charge on any atom is 0.142 e. The van der Waals surface area contributed by atoms with Gasteiger partial charge in [0.2, 0.25) is 0 Å². The molecule has 1 N–H and O–H groups in total. The van der Waals surface area contributed by atoms with E-state index in [1.807, 2.05) is 6.08 Å². The molecule has 1 atom stereocenters. The Labute approximate surface area is 111 Å². The minimum atomic E-state index is -0.986. The molecule has 1 aromatic rings. The smallest absolute Gasteiger partial charge is 0.142 e. The van der Waals surface area contributed by atoms with Crippen molar-refractivity contribution in [3.05, 3.63) is 47.0 Å². The number of rotatable bonds is 7. The fourth-order valence-corrected chi connectivity index (χ4v) is 1.90. The Morgan fingerprint density at radius 1 is 1.22 bits per heavy atom. The standard InChI is InChI=1S/C14H17ClF2O/c1-2-3-4-5-6-7-14(18)10-8-13(17)11(15)9-12(10)16/h2,8-9,14,18H,1,3-7H2. The summed E-state index contributed by atoms with van der Waals surface area (Å²) in [5.41, 5.74) is -0.0272. The van der Waals surface area contributed by atoms with Crippen LogP contribution in [0.4, 0.5) is 8.78 Å². The van der Waals surface area contributed by atoms with Crippen LogP contribution in [0.15, 0.2) is 24.8 Å². The predicted octanol–water partition coefficient (Wildman–Crippen LogP) is 4.79. The number of allylic oxidation sites excluding steroid dienone is 1. The highest BCUT2D eigenvalue weighted by atomic mass is 35.5. The molecule has 0 aliphatic carbocycles. The topological polar surface area (TPSA) is 20.2 Å². The van der Waals surface area contributed by atoms with Crippen LogP contribution in [0.25, 0.3) is 0 Å². The Balaban J connectivity index is 2.53. The third kappa shape index (κ3) is 4.39. The van der Waals surface area contributed by atoms with E-state index in [-0.39, 0.29) is 10.6 Å². The number of unbranched alkanes of at least 4 members (excludes halogenated alkanes) is 3. The number of aliphatic hydroxyl groups is 1. The molecular formula is C14H17ClF2O. The molecule has 0 saturated heterocycles. The summed E-state index contributed by atoms with van der Waals surface area (Å²) >= 11 is 5.45. The molecule has 0 aliphatic rings. The molecule has 0 amide bonds. The van der Waals surface area contributed by atoms with Crippen LogP contribution in [-0.4, -0.2) is 5.11 Å². The van der Waals surface area contributed by atoms with Gasteiger partial charge in [0.1, 0.15) is 11.6 Å². The number of benzene rings is 1. The van der Waals surface area contributed by atoms with Crippen LogP contribution in [0.2, 0.25) is 5.02 Å². The number of hydrogen-bond acceptors (Lipinski definition) is 1. The van der Waals surface area contributed by atoms with E-state index in [2.05, 4.69) is 6.58 Å². The van der Waals surface area contributed by atoms with Gasteiger partial charge in [0.15, 0.2) is 0 Å². The Morgan fingerprint density at radius 2 is 1.94 bits per heavy atom. The molecule has 1 nitrogen and oxygen atoms in total. The van der Waals surface area contributed by atoms with Gasteiger partial charge in [-0.3, -0.25) is 0 Å². The quantitative estimate of drug-likeness (QED) is 0.431. The molecule has 0 heterocycles. The molecule has 4 heteroatoms. The van der Waals surface area contributed by atoms with Gasteiger partial charge in [0.25, 0.3) is 0 Å². The molecular weight excluding hydrogens is 258 g/mol. The largest absolute Gasteiger partial charge is 0.388 e. The zero-order valence-electron chi connectivity index (χ0n) is 10.1. The summed E-state index contributed by atoms with van der Waals surface area (Å²) in [5, 5.41) is 9.53. The van der Waals surface area contributed by atoms with Gasteiger partial charge in [-0.25, -0.2) is 8.78 Å². The Kier molecular flexibility index (Phi) is 6.30. The highest BCUT2D eigenvalue weighted by molar-refractivity contribution is 6.30. The van der Waals surface area contributed by atoms with Gasteiger partial charge in [-0.1, -0.05) is 30.5 Å². The Morgan fingerprint density at radius 3 is 2.61 bits per heavy atom. The minimum Gasteiger partial charge on any atom is -0.388 e. The lowest BCUT2D eigenvalue weighted by Gasteiger charge is -2.12. The predicted molar refractivity (Wildman–Crippen MR) is 69.6 cm³/mol.